The van der Waals surface area contributed by atoms with Gasteiger partial charge in [-0.15, -0.1) is 16.4 Å². The molecular formula is C23H20N8OS. The summed E-state index contributed by atoms with van der Waals surface area (Å²) in [4.78, 5) is 29.9. The Morgan fingerprint density at radius 2 is 2.00 bits per heavy atom. The van der Waals surface area contributed by atoms with E-state index in [1.165, 1.54) is 11.3 Å². The van der Waals surface area contributed by atoms with Crippen molar-refractivity contribution in [2.75, 3.05) is 10.6 Å². The monoisotopic (exact) mass is 456 g/mol. The number of amides is 1. The Bertz CT molecular complexity index is 1380. The van der Waals surface area contributed by atoms with Crippen molar-refractivity contribution in [3.8, 4) is 11.4 Å². The number of fused-ring (bicyclic) bond motifs is 1. The van der Waals surface area contributed by atoms with Crippen LogP contribution >= 0.6 is 11.3 Å². The Labute approximate surface area is 193 Å². The van der Waals surface area contributed by atoms with Crippen molar-refractivity contribution in [3.05, 3.63) is 77.7 Å². The van der Waals surface area contributed by atoms with E-state index in [1.54, 1.807) is 35.2 Å². The van der Waals surface area contributed by atoms with E-state index in [2.05, 4.69) is 42.6 Å². The van der Waals surface area contributed by atoms with Gasteiger partial charge in [0.15, 0.2) is 11.0 Å². The summed E-state index contributed by atoms with van der Waals surface area (Å²) in [6.07, 6.45) is 6.89. The van der Waals surface area contributed by atoms with Crippen molar-refractivity contribution >= 4 is 39.7 Å². The maximum atomic E-state index is 12.4. The largest absolute Gasteiger partial charge is 0.340 e. The van der Waals surface area contributed by atoms with Crippen LogP contribution in [0, 0.1) is 0 Å². The van der Waals surface area contributed by atoms with Crippen molar-refractivity contribution < 1.29 is 4.79 Å². The Balaban J connectivity index is 1.43. The van der Waals surface area contributed by atoms with Crippen LogP contribution < -0.4 is 10.6 Å². The lowest BCUT2D eigenvalue weighted by Gasteiger charge is -2.10. The minimum atomic E-state index is -0.203. The van der Waals surface area contributed by atoms with Crippen LogP contribution in [-0.2, 0) is 6.42 Å². The Kier molecular flexibility index (Phi) is 5.73. The maximum Gasteiger partial charge on any atom is 0.257 e. The van der Waals surface area contributed by atoms with Crippen LogP contribution in [-0.4, -0.2) is 35.5 Å². The van der Waals surface area contributed by atoms with Gasteiger partial charge in [0.25, 0.3) is 11.7 Å². The molecule has 0 aliphatic heterocycles. The van der Waals surface area contributed by atoms with E-state index >= 15 is 0 Å². The van der Waals surface area contributed by atoms with Crippen LogP contribution in [0.25, 0.3) is 17.2 Å². The average molecular weight is 457 g/mol. The van der Waals surface area contributed by atoms with Gasteiger partial charge in [-0.25, -0.2) is 9.97 Å². The number of aryl methyl sites for hydroxylation is 1. The predicted octanol–water partition coefficient (Wildman–Crippen LogP) is 4.59. The van der Waals surface area contributed by atoms with Crippen LogP contribution in [0.1, 0.15) is 29.4 Å². The number of anilines is 3. The first kappa shape index (κ1) is 20.7. The molecule has 0 fully saturated rings. The molecule has 0 unspecified atom stereocenters. The van der Waals surface area contributed by atoms with E-state index in [4.69, 9.17) is 0 Å². The molecule has 0 atom stereocenters. The van der Waals surface area contributed by atoms with Crippen molar-refractivity contribution in [3.63, 3.8) is 0 Å². The van der Waals surface area contributed by atoms with Crippen LogP contribution in [0.2, 0.25) is 0 Å². The quantitative estimate of drug-likeness (QED) is 0.368. The smallest absolute Gasteiger partial charge is 0.257 e. The molecule has 9 nitrogen and oxygen atoms in total. The highest BCUT2D eigenvalue weighted by Gasteiger charge is 2.13. The molecule has 0 saturated heterocycles. The molecule has 33 heavy (non-hydrogen) atoms. The number of hydrogen-bond donors (Lipinski definition) is 2. The lowest BCUT2D eigenvalue weighted by atomic mass is 10.2. The molecule has 0 spiro atoms. The third-order valence-electron chi connectivity index (χ3n) is 4.86. The SMILES string of the molecule is CCCc1cc(Nc2ccc(C(=O)Nc3nccs3)cc2)n2nc(-c3cccnc3)nc2n1. The number of thiazole rings is 1. The summed E-state index contributed by atoms with van der Waals surface area (Å²) in [6, 6.07) is 13.0. The zero-order valence-electron chi connectivity index (χ0n) is 17.8. The average Bonchev–Trinajstić information content (AvgIpc) is 3.50. The van der Waals surface area contributed by atoms with Gasteiger partial charge in [0.1, 0.15) is 5.82 Å². The van der Waals surface area contributed by atoms with Gasteiger partial charge in [0, 0.05) is 52.5 Å². The molecule has 10 heteroatoms. The molecule has 5 aromatic rings. The van der Waals surface area contributed by atoms with Crippen LogP contribution in [0.15, 0.2) is 66.4 Å². The lowest BCUT2D eigenvalue weighted by molar-refractivity contribution is 0.102. The summed E-state index contributed by atoms with van der Waals surface area (Å²) in [5.41, 5.74) is 3.11. The number of carbonyl (C=O) groups is 1. The highest BCUT2D eigenvalue weighted by atomic mass is 32.1. The number of aromatic nitrogens is 6. The Morgan fingerprint density at radius 1 is 1.12 bits per heavy atom. The van der Waals surface area contributed by atoms with Crippen molar-refractivity contribution in [1.29, 1.82) is 0 Å². The summed E-state index contributed by atoms with van der Waals surface area (Å²) in [7, 11) is 0. The molecule has 0 aliphatic carbocycles. The molecule has 5 rings (SSSR count). The summed E-state index contributed by atoms with van der Waals surface area (Å²) >= 11 is 1.38. The zero-order valence-corrected chi connectivity index (χ0v) is 18.6. The molecular weight excluding hydrogens is 436 g/mol. The van der Waals surface area contributed by atoms with Gasteiger partial charge in [-0.3, -0.25) is 15.1 Å². The third kappa shape index (κ3) is 4.55. The highest BCUT2D eigenvalue weighted by Crippen LogP contribution is 2.22. The summed E-state index contributed by atoms with van der Waals surface area (Å²) in [6.45, 7) is 2.11. The van der Waals surface area contributed by atoms with E-state index in [0.29, 0.717) is 22.3 Å². The minimum Gasteiger partial charge on any atom is -0.340 e. The first-order valence-electron chi connectivity index (χ1n) is 10.4. The lowest BCUT2D eigenvalue weighted by Crippen LogP contribution is -2.11. The molecule has 1 aromatic carbocycles. The second-order valence-corrected chi connectivity index (χ2v) is 8.16. The van der Waals surface area contributed by atoms with Crippen LogP contribution in [0.5, 0.6) is 0 Å². The minimum absolute atomic E-state index is 0.203. The Morgan fingerprint density at radius 3 is 2.73 bits per heavy atom. The molecule has 0 aliphatic rings. The molecule has 0 saturated carbocycles. The van der Waals surface area contributed by atoms with E-state index in [-0.39, 0.29) is 5.91 Å². The molecule has 0 radical (unpaired) electrons. The number of hydrogen-bond acceptors (Lipinski definition) is 8. The van der Waals surface area contributed by atoms with Gasteiger partial charge in [-0.2, -0.15) is 9.50 Å². The molecule has 4 aromatic heterocycles. The normalized spacial score (nSPS) is 10.9. The van der Waals surface area contributed by atoms with Gasteiger partial charge in [-0.1, -0.05) is 13.3 Å². The topological polar surface area (TPSA) is 110 Å². The van der Waals surface area contributed by atoms with Crippen molar-refractivity contribution in [2.24, 2.45) is 0 Å². The molecule has 0 bridgehead atoms. The summed E-state index contributed by atoms with van der Waals surface area (Å²) in [5.74, 6) is 1.61. The maximum absolute atomic E-state index is 12.4. The predicted molar refractivity (Wildman–Crippen MR) is 128 cm³/mol. The summed E-state index contributed by atoms with van der Waals surface area (Å²) < 4.78 is 1.69. The van der Waals surface area contributed by atoms with Crippen molar-refractivity contribution in [1.82, 2.24) is 29.5 Å². The number of benzene rings is 1. The van der Waals surface area contributed by atoms with Gasteiger partial charge in [0.05, 0.1) is 0 Å². The molecule has 2 N–H and O–H groups in total. The first-order chi connectivity index (χ1) is 16.2. The first-order valence-corrected chi connectivity index (χ1v) is 11.3. The van der Waals surface area contributed by atoms with E-state index in [9.17, 15) is 4.79 Å². The highest BCUT2D eigenvalue weighted by molar-refractivity contribution is 7.13. The number of rotatable bonds is 7. The van der Waals surface area contributed by atoms with E-state index in [0.717, 1.165) is 35.6 Å². The third-order valence-corrected chi connectivity index (χ3v) is 5.55. The van der Waals surface area contributed by atoms with Crippen LogP contribution in [0.3, 0.4) is 0 Å². The Hall–Kier alpha value is -4.18. The number of nitrogens with one attached hydrogen (secondary N) is 2. The fourth-order valence-electron chi connectivity index (χ4n) is 3.32. The zero-order chi connectivity index (χ0) is 22.6. The van der Waals surface area contributed by atoms with Crippen LogP contribution in [0.4, 0.5) is 16.6 Å². The number of nitrogens with zero attached hydrogens (tertiary/aromatic N) is 6. The van der Waals surface area contributed by atoms with E-state index in [1.807, 2.05) is 35.7 Å². The van der Waals surface area contributed by atoms with E-state index < -0.39 is 0 Å². The van der Waals surface area contributed by atoms with Crippen molar-refractivity contribution in [2.45, 2.75) is 19.8 Å². The second kappa shape index (κ2) is 9.13. The number of carbonyl (C=O) groups excluding carboxylic acids is 1. The molecule has 4 heterocycles. The fourth-order valence-corrected chi connectivity index (χ4v) is 3.84. The molecule has 1 amide bonds. The second-order valence-electron chi connectivity index (χ2n) is 7.27. The van der Waals surface area contributed by atoms with Gasteiger partial charge in [-0.05, 0) is 42.8 Å². The fraction of sp³-hybridized carbons (Fsp3) is 0.130. The van der Waals surface area contributed by atoms with Gasteiger partial charge in [0.2, 0.25) is 0 Å². The molecule has 164 valence electrons. The summed E-state index contributed by atoms with van der Waals surface area (Å²) in [5, 5.41) is 13.2. The van der Waals surface area contributed by atoms with Gasteiger partial charge >= 0.3 is 0 Å². The number of pyridine rings is 1. The standard InChI is InChI=1S/C23H20N8OS/c1-2-4-18-13-19(31-22(27-18)28-20(30-31)16-5-3-10-24-14-16)26-17-8-6-15(7-9-17)21(32)29-23-25-11-12-33-23/h3,5-14,26H,2,4H2,1H3,(H,25,29,32). The van der Waals surface area contributed by atoms with Gasteiger partial charge < -0.3 is 5.32 Å².